The van der Waals surface area contributed by atoms with Crippen molar-refractivity contribution in [2.45, 2.75) is 95.7 Å². The number of aryl methyl sites for hydroxylation is 1. The maximum absolute atomic E-state index is 15.1. The number of imide groups is 2. The Morgan fingerprint density at radius 1 is 0.857 bits per heavy atom. The van der Waals surface area contributed by atoms with E-state index in [1.165, 1.54) is 18.9 Å². The Morgan fingerprint density at radius 2 is 1.62 bits per heavy atom. The number of carbonyl (C=O) groups is 4. The zero-order chi connectivity index (χ0) is 44.2. The van der Waals surface area contributed by atoms with Gasteiger partial charge < -0.3 is 14.8 Å². The molecule has 5 aromatic rings. The van der Waals surface area contributed by atoms with Gasteiger partial charge in [-0.1, -0.05) is 37.8 Å². The number of hydrogen-bond acceptors (Lipinski definition) is 12. The van der Waals surface area contributed by atoms with Crippen LogP contribution in [0.25, 0.3) is 22.3 Å². The maximum Gasteiger partial charge on any atom is 0.263 e. The zero-order valence-electron chi connectivity index (χ0n) is 35.8. The van der Waals surface area contributed by atoms with Crippen LogP contribution in [0.1, 0.15) is 103 Å². The number of carbonyl (C=O) groups excluding carboxylic acids is 4. The third-order valence-electron chi connectivity index (χ3n) is 12.0. The summed E-state index contributed by atoms with van der Waals surface area (Å²) in [6.45, 7) is 11.7. The number of nitrogens with zero attached hydrogens (tertiary/aromatic N) is 8. The summed E-state index contributed by atoms with van der Waals surface area (Å²) in [5.74, 6) is -0.935. The molecule has 2 aromatic carbocycles. The van der Waals surface area contributed by atoms with Crippen molar-refractivity contribution in [3.8, 4) is 11.3 Å². The molecule has 330 valence electrons. The van der Waals surface area contributed by atoms with E-state index in [1.807, 2.05) is 49.7 Å². The van der Waals surface area contributed by atoms with Gasteiger partial charge in [-0.2, -0.15) is 0 Å². The number of piperazine rings is 1. The summed E-state index contributed by atoms with van der Waals surface area (Å²) in [6, 6.07) is 11.2. The van der Waals surface area contributed by atoms with Crippen molar-refractivity contribution in [1.29, 1.82) is 0 Å². The standard InChI is InChI=1S/C46H52F2N10O4S/c1-28(2)57-29(3)51-42-33(47)23-31(24-36(42)57)41-34(48)26-50-46(54-41)52-38-15-13-30(25-49-38)27-56-20-18-55(19-21-56)17-8-6-4-5-7-9-22-63-37-12-10-11-32-40(37)45(62)58(44(32)61)35-14-16-39(59)53-43(35)60/h10-13,15,23-26,28,35H,4-9,14,16-22,27H2,1-3H3,(H,53,59,60)(H,49,50,52,54). The smallest absolute Gasteiger partial charge is 0.263 e. The van der Waals surface area contributed by atoms with E-state index in [-0.39, 0.29) is 41.9 Å². The number of piperidine rings is 1. The van der Waals surface area contributed by atoms with Crippen molar-refractivity contribution in [3.63, 3.8) is 0 Å². The lowest BCUT2D eigenvalue weighted by atomic mass is 10.0. The molecule has 14 nitrogen and oxygen atoms in total. The largest absolute Gasteiger partial charge is 0.326 e. The van der Waals surface area contributed by atoms with Crippen LogP contribution in [0, 0.1) is 18.6 Å². The molecule has 0 spiro atoms. The van der Waals surface area contributed by atoms with Gasteiger partial charge in [0.25, 0.3) is 11.8 Å². The van der Waals surface area contributed by atoms with E-state index >= 15 is 8.78 Å². The maximum atomic E-state index is 15.1. The molecule has 3 aliphatic rings. The lowest BCUT2D eigenvalue weighted by Crippen LogP contribution is -2.54. The van der Waals surface area contributed by atoms with Crippen LogP contribution in [0.5, 0.6) is 0 Å². The monoisotopic (exact) mass is 878 g/mol. The summed E-state index contributed by atoms with van der Waals surface area (Å²) in [6.07, 6.45) is 9.90. The molecule has 2 saturated heterocycles. The highest BCUT2D eigenvalue weighted by molar-refractivity contribution is 7.99. The Bertz CT molecular complexity index is 2530. The van der Waals surface area contributed by atoms with E-state index in [9.17, 15) is 19.2 Å². The molecule has 17 heteroatoms. The molecule has 1 atom stereocenters. The summed E-state index contributed by atoms with van der Waals surface area (Å²) >= 11 is 1.57. The Kier molecular flexibility index (Phi) is 13.5. The lowest BCUT2D eigenvalue weighted by Gasteiger charge is -2.34. The number of pyridine rings is 1. The van der Waals surface area contributed by atoms with Crippen LogP contribution in [0.4, 0.5) is 20.5 Å². The number of benzene rings is 2. The molecule has 8 rings (SSSR count). The number of fused-ring (bicyclic) bond motifs is 2. The van der Waals surface area contributed by atoms with Crippen molar-refractivity contribution < 1.29 is 28.0 Å². The molecule has 0 bridgehead atoms. The highest BCUT2D eigenvalue weighted by Gasteiger charge is 2.45. The predicted molar refractivity (Wildman–Crippen MR) is 237 cm³/mol. The van der Waals surface area contributed by atoms with Gasteiger partial charge in [0, 0.05) is 61.8 Å². The molecule has 6 heterocycles. The van der Waals surface area contributed by atoms with E-state index in [2.05, 4.69) is 40.4 Å². The summed E-state index contributed by atoms with van der Waals surface area (Å²) in [4.78, 5) is 74.7. The van der Waals surface area contributed by atoms with Crippen molar-refractivity contribution >= 4 is 58.2 Å². The summed E-state index contributed by atoms with van der Waals surface area (Å²) in [7, 11) is 0. The number of unbranched alkanes of at least 4 members (excludes halogenated alkanes) is 5. The number of rotatable bonds is 17. The molecule has 4 amide bonds. The normalized spacial score (nSPS) is 17.3. The average molecular weight is 879 g/mol. The molecule has 1 unspecified atom stereocenters. The quantitative estimate of drug-likeness (QED) is 0.0541. The van der Waals surface area contributed by atoms with Crippen LogP contribution < -0.4 is 10.6 Å². The molecule has 0 saturated carbocycles. The topological polar surface area (TPSA) is 159 Å². The van der Waals surface area contributed by atoms with Crippen molar-refractivity contribution in [3.05, 3.63) is 89.0 Å². The number of amides is 4. The van der Waals surface area contributed by atoms with Crippen molar-refractivity contribution in [2.24, 2.45) is 0 Å². The van der Waals surface area contributed by atoms with Gasteiger partial charge >= 0.3 is 0 Å². The van der Waals surface area contributed by atoms with Gasteiger partial charge in [0.05, 0.1) is 22.8 Å². The Morgan fingerprint density at radius 3 is 2.37 bits per heavy atom. The fourth-order valence-electron chi connectivity index (χ4n) is 8.75. The summed E-state index contributed by atoms with van der Waals surface area (Å²) < 4.78 is 32.1. The molecule has 0 radical (unpaired) electrons. The van der Waals surface area contributed by atoms with Gasteiger partial charge in [-0.25, -0.2) is 28.7 Å². The van der Waals surface area contributed by atoms with Gasteiger partial charge in [0.15, 0.2) is 11.6 Å². The van der Waals surface area contributed by atoms with Gasteiger partial charge in [-0.3, -0.25) is 34.3 Å². The molecule has 2 N–H and O–H groups in total. The lowest BCUT2D eigenvalue weighted by molar-refractivity contribution is -0.136. The minimum absolute atomic E-state index is 0.0149. The number of hydrogen-bond donors (Lipinski definition) is 2. The Labute approximate surface area is 369 Å². The Balaban J connectivity index is 0.718. The summed E-state index contributed by atoms with van der Waals surface area (Å²) in [5, 5.41) is 5.31. The highest BCUT2D eigenvalue weighted by atomic mass is 32.2. The molecule has 2 fully saturated rings. The van der Waals surface area contributed by atoms with E-state index in [4.69, 9.17) is 0 Å². The second-order valence-corrected chi connectivity index (χ2v) is 17.9. The van der Waals surface area contributed by atoms with E-state index in [0.29, 0.717) is 33.8 Å². The molecule has 0 aliphatic carbocycles. The van der Waals surface area contributed by atoms with Crippen LogP contribution in [-0.4, -0.2) is 107 Å². The number of halogens is 2. The first-order valence-corrected chi connectivity index (χ1v) is 22.8. The molecule has 3 aromatic heterocycles. The fourth-order valence-corrected chi connectivity index (χ4v) is 9.84. The van der Waals surface area contributed by atoms with Gasteiger partial charge in [-0.15, -0.1) is 11.8 Å². The number of imidazole rings is 1. The minimum Gasteiger partial charge on any atom is -0.326 e. The molecular formula is C46H52F2N10O4S. The second kappa shape index (κ2) is 19.4. The first-order chi connectivity index (χ1) is 30.4. The van der Waals surface area contributed by atoms with Crippen molar-refractivity contribution in [2.75, 3.05) is 43.8 Å². The average Bonchev–Trinajstić information content (AvgIpc) is 3.74. The molecule has 63 heavy (non-hydrogen) atoms. The van der Waals surface area contributed by atoms with Crippen LogP contribution in [-0.2, 0) is 16.1 Å². The number of anilines is 2. The zero-order valence-corrected chi connectivity index (χ0v) is 36.6. The van der Waals surface area contributed by atoms with E-state index in [0.717, 1.165) is 92.3 Å². The van der Waals surface area contributed by atoms with Crippen LogP contribution in [0.15, 0.2) is 59.8 Å². The van der Waals surface area contributed by atoms with Crippen LogP contribution >= 0.6 is 11.8 Å². The third kappa shape index (κ3) is 9.80. The number of aromatic nitrogens is 5. The van der Waals surface area contributed by atoms with Gasteiger partial charge in [-0.05, 0) is 88.2 Å². The molecule has 3 aliphatic heterocycles. The van der Waals surface area contributed by atoms with Crippen molar-refractivity contribution in [1.82, 2.24) is 44.5 Å². The molecular weight excluding hydrogens is 827 g/mol. The van der Waals surface area contributed by atoms with E-state index < -0.39 is 35.4 Å². The fraction of sp³-hybridized carbons (Fsp3) is 0.435. The minimum atomic E-state index is -0.962. The van der Waals surface area contributed by atoms with Crippen LogP contribution in [0.3, 0.4) is 0 Å². The third-order valence-corrected chi connectivity index (χ3v) is 13.1. The second-order valence-electron chi connectivity index (χ2n) is 16.7. The van der Waals surface area contributed by atoms with Crippen LogP contribution in [0.2, 0.25) is 0 Å². The predicted octanol–water partition coefficient (Wildman–Crippen LogP) is 7.45. The first-order valence-electron chi connectivity index (χ1n) is 21.8. The Hall–Kier alpha value is -5.65. The van der Waals surface area contributed by atoms with Gasteiger partial charge in [0.2, 0.25) is 17.8 Å². The summed E-state index contributed by atoms with van der Waals surface area (Å²) in [5.41, 5.74) is 2.88. The van der Waals surface area contributed by atoms with Gasteiger partial charge in [0.1, 0.15) is 28.9 Å². The first kappa shape index (κ1) is 44.0. The SMILES string of the molecule is Cc1nc2c(F)cc(-c3nc(Nc4ccc(CN5CCN(CCCCCCCCSc6cccc7c6C(=O)N(C6CCC(=O)NC6=O)C7=O)CC5)cn4)ncc3F)cc2n1C(C)C. The highest BCUT2D eigenvalue weighted by Crippen LogP contribution is 2.35. The van der Waals surface area contributed by atoms with E-state index in [1.54, 1.807) is 30.0 Å². The number of nitrogens with one attached hydrogen (secondary N) is 2. The number of thioether (sulfide) groups is 1.